The van der Waals surface area contributed by atoms with Gasteiger partial charge >= 0.3 is 0 Å². The van der Waals surface area contributed by atoms with Crippen LogP contribution in [0.3, 0.4) is 0 Å². The Hall–Kier alpha value is -1.83. The van der Waals surface area contributed by atoms with Crippen molar-refractivity contribution in [2.45, 2.75) is 18.0 Å². The first-order chi connectivity index (χ1) is 12.2. The first kappa shape index (κ1) is 18.0. The Labute approximate surface area is 151 Å². The molecule has 2 aromatic heterocycles. The number of rotatable bonds is 6. The van der Waals surface area contributed by atoms with Gasteiger partial charge in [0.25, 0.3) is 5.91 Å². The van der Waals surface area contributed by atoms with E-state index in [-0.39, 0.29) is 11.9 Å². The quantitative estimate of drug-likeness (QED) is 0.798. The van der Waals surface area contributed by atoms with Crippen LogP contribution in [-0.2, 0) is 4.74 Å². The van der Waals surface area contributed by atoms with Crippen LogP contribution in [0.1, 0.15) is 27.9 Å². The number of ether oxygens (including phenoxy) is 1. The molecule has 3 rings (SSSR count). The average molecular weight is 361 g/mol. The third kappa shape index (κ3) is 4.42. The van der Waals surface area contributed by atoms with Crippen molar-refractivity contribution in [3.63, 3.8) is 0 Å². The summed E-state index contributed by atoms with van der Waals surface area (Å²) in [6, 6.07) is 7.52. The summed E-state index contributed by atoms with van der Waals surface area (Å²) in [6.45, 7) is 5.45. The second kappa shape index (κ2) is 8.51. The van der Waals surface area contributed by atoms with Crippen molar-refractivity contribution in [3.05, 3.63) is 47.5 Å². The molecule has 1 N–H and O–H groups in total. The summed E-state index contributed by atoms with van der Waals surface area (Å²) < 4.78 is 11.3. The molecule has 0 unspecified atom stereocenters. The zero-order valence-corrected chi connectivity index (χ0v) is 15.3. The van der Waals surface area contributed by atoms with Crippen molar-refractivity contribution < 1.29 is 13.9 Å². The molecule has 0 radical (unpaired) electrons. The van der Waals surface area contributed by atoms with Gasteiger partial charge in [-0.3, -0.25) is 9.69 Å². The van der Waals surface area contributed by atoms with Crippen LogP contribution in [0.4, 0.5) is 0 Å². The lowest BCUT2D eigenvalue weighted by Crippen LogP contribution is -2.43. The van der Waals surface area contributed by atoms with Gasteiger partial charge in [0.1, 0.15) is 16.5 Å². The van der Waals surface area contributed by atoms with Crippen LogP contribution in [0.5, 0.6) is 0 Å². The Balaban J connectivity index is 1.72. The number of nitrogens with zero attached hydrogens (tertiary/aromatic N) is 2. The third-order valence-corrected chi connectivity index (χ3v) is 4.95. The molecule has 1 aliphatic rings. The van der Waals surface area contributed by atoms with Crippen LogP contribution in [0, 0.1) is 6.92 Å². The predicted molar refractivity (Wildman–Crippen MR) is 96.9 cm³/mol. The number of pyridine rings is 1. The fraction of sp³-hybridized carbons (Fsp3) is 0.444. The molecule has 0 saturated carbocycles. The van der Waals surface area contributed by atoms with E-state index in [4.69, 9.17) is 9.15 Å². The van der Waals surface area contributed by atoms with Crippen molar-refractivity contribution in [3.8, 4) is 0 Å². The van der Waals surface area contributed by atoms with Gasteiger partial charge < -0.3 is 14.5 Å². The van der Waals surface area contributed by atoms with Gasteiger partial charge in [0.05, 0.1) is 24.8 Å². The van der Waals surface area contributed by atoms with Crippen molar-refractivity contribution in [1.29, 1.82) is 0 Å². The van der Waals surface area contributed by atoms with E-state index in [1.54, 1.807) is 18.3 Å². The maximum Gasteiger partial charge on any atom is 0.254 e. The molecule has 134 valence electrons. The number of aromatic nitrogens is 1. The molecule has 25 heavy (non-hydrogen) atoms. The van der Waals surface area contributed by atoms with Crippen molar-refractivity contribution in [1.82, 2.24) is 15.2 Å². The molecule has 0 aliphatic carbocycles. The van der Waals surface area contributed by atoms with Crippen LogP contribution in [0.15, 0.2) is 39.9 Å². The molecular formula is C18H23N3O3S. The fourth-order valence-electron chi connectivity index (χ4n) is 2.94. The van der Waals surface area contributed by atoms with Crippen LogP contribution >= 0.6 is 11.8 Å². The normalized spacial score (nSPS) is 16.6. The van der Waals surface area contributed by atoms with Gasteiger partial charge in [0.15, 0.2) is 0 Å². The van der Waals surface area contributed by atoms with E-state index < -0.39 is 0 Å². The molecule has 1 saturated heterocycles. The molecule has 2 aromatic rings. The van der Waals surface area contributed by atoms with Gasteiger partial charge in [-0.15, -0.1) is 11.8 Å². The zero-order valence-electron chi connectivity index (χ0n) is 14.5. The van der Waals surface area contributed by atoms with Crippen LogP contribution < -0.4 is 5.32 Å². The molecule has 1 aliphatic heterocycles. The Bertz CT molecular complexity index is 713. The summed E-state index contributed by atoms with van der Waals surface area (Å²) in [6.07, 6.45) is 3.62. The second-order valence-corrected chi connectivity index (χ2v) is 6.68. The van der Waals surface area contributed by atoms with E-state index >= 15 is 0 Å². The lowest BCUT2D eigenvalue weighted by Gasteiger charge is -2.33. The molecule has 1 atom stereocenters. The number of furan rings is 1. The van der Waals surface area contributed by atoms with Gasteiger partial charge in [-0.2, -0.15) is 0 Å². The van der Waals surface area contributed by atoms with Crippen molar-refractivity contribution >= 4 is 17.7 Å². The predicted octanol–water partition coefficient (Wildman–Crippen LogP) is 2.51. The second-order valence-electron chi connectivity index (χ2n) is 5.88. The van der Waals surface area contributed by atoms with E-state index in [0.717, 1.165) is 29.6 Å². The van der Waals surface area contributed by atoms with E-state index in [9.17, 15) is 4.79 Å². The van der Waals surface area contributed by atoms with Crippen LogP contribution in [0.25, 0.3) is 0 Å². The number of thioether (sulfide) groups is 1. The summed E-state index contributed by atoms with van der Waals surface area (Å²) in [5.74, 6) is 1.63. The maximum atomic E-state index is 12.6. The smallest absolute Gasteiger partial charge is 0.254 e. The van der Waals surface area contributed by atoms with Gasteiger partial charge in [-0.1, -0.05) is 0 Å². The molecule has 1 fully saturated rings. The van der Waals surface area contributed by atoms with E-state index in [1.807, 2.05) is 25.3 Å². The van der Waals surface area contributed by atoms with Crippen molar-refractivity contribution in [2.24, 2.45) is 0 Å². The summed E-state index contributed by atoms with van der Waals surface area (Å²) in [5, 5.41) is 3.78. The lowest BCUT2D eigenvalue weighted by atomic mass is 10.1. The highest BCUT2D eigenvalue weighted by Gasteiger charge is 2.26. The highest BCUT2D eigenvalue weighted by atomic mass is 32.2. The minimum absolute atomic E-state index is 0.00375. The number of morpholine rings is 1. The number of aryl methyl sites for hydroxylation is 1. The third-order valence-electron chi connectivity index (χ3n) is 4.24. The summed E-state index contributed by atoms with van der Waals surface area (Å²) >= 11 is 1.47. The summed E-state index contributed by atoms with van der Waals surface area (Å²) in [7, 11) is 0. The Kier molecular flexibility index (Phi) is 6.12. The Morgan fingerprint density at radius 1 is 1.36 bits per heavy atom. The standard InChI is InChI=1S/C18H23N3O3S/c1-13-5-6-16(24-13)15(21-8-10-23-11-9-21)12-20-17(22)14-4-3-7-19-18(14)25-2/h3-7,15H,8-12H2,1-2H3,(H,20,22)/t15-/m1/s1. The van der Waals surface area contributed by atoms with Crippen LogP contribution in [-0.4, -0.2) is 54.9 Å². The number of nitrogens with one attached hydrogen (secondary N) is 1. The number of carbonyl (C=O) groups is 1. The molecule has 3 heterocycles. The average Bonchev–Trinajstić information content (AvgIpc) is 3.08. The van der Waals surface area contributed by atoms with Gasteiger partial charge in [-0.25, -0.2) is 4.98 Å². The van der Waals surface area contributed by atoms with E-state index in [1.165, 1.54) is 11.8 Å². The van der Waals surface area contributed by atoms with Gasteiger partial charge in [-0.05, 0) is 37.4 Å². The largest absolute Gasteiger partial charge is 0.465 e. The molecule has 6 nitrogen and oxygen atoms in total. The SMILES string of the molecule is CSc1ncccc1C(=O)NC[C@H](c1ccc(C)o1)N1CCOCC1. The molecule has 7 heteroatoms. The molecule has 0 aromatic carbocycles. The van der Waals surface area contributed by atoms with Gasteiger partial charge in [0, 0.05) is 25.8 Å². The highest BCUT2D eigenvalue weighted by molar-refractivity contribution is 7.98. The minimum Gasteiger partial charge on any atom is -0.465 e. The van der Waals surface area contributed by atoms with E-state index in [0.29, 0.717) is 25.3 Å². The van der Waals surface area contributed by atoms with Crippen molar-refractivity contribution in [2.75, 3.05) is 39.1 Å². The number of carbonyl (C=O) groups excluding carboxylic acids is 1. The Morgan fingerprint density at radius 3 is 2.84 bits per heavy atom. The zero-order chi connectivity index (χ0) is 17.6. The highest BCUT2D eigenvalue weighted by Crippen LogP contribution is 2.24. The number of amides is 1. The maximum absolute atomic E-state index is 12.6. The van der Waals surface area contributed by atoms with E-state index in [2.05, 4.69) is 15.2 Å². The minimum atomic E-state index is -0.112. The molecule has 1 amide bonds. The first-order valence-electron chi connectivity index (χ1n) is 8.34. The molecule has 0 bridgehead atoms. The number of hydrogen-bond donors (Lipinski definition) is 1. The summed E-state index contributed by atoms with van der Waals surface area (Å²) in [4.78, 5) is 19.2. The van der Waals surface area contributed by atoms with Crippen LogP contribution in [0.2, 0.25) is 0 Å². The lowest BCUT2D eigenvalue weighted by molar-refractivity contribution is 0.0117. The molecule has 0 spiro atoms. The monoisotopic (exact) mass is 361 g/mol. The Morgan fingerprint density at radius 2 is 2.16 bits per heavy atom. The summed E-state index contributed by atoms with van der Waals surface area (Å²) in [5.41, 5.74) is 0.603. The van der Waals surface area contributed by atoms with Gasteiger partial charge in [0.2, 0.25) is 0 Å². The molecular weight excluding hydrogens is 338 g/mol. The first-order valence-corrected chi connectivity index (χ1v) is 9.57. The topological polar surface area (TPSA) is 67.6 Å². The number of hydrogen-bond acceptors (Lipinski definition) is 6. The fourth-order valence-corrected chi connectivity index (χ4v) is 3.49.